The first-order valence-electron chi connectivity index (χ1n) is 6.76. The van der Waals surface area contributed by atoms with Crippen molar-refractivity contribution in [3.8, 4) is 5.75 Å². The molecule has 3 rings (SSSR count). The summed E-state index contributed by atoms with van der Waals surface area (Å²) >= 11 is 0. The number of carbonyl (C=O) groups is 1. The first kappa shape index (κ1) is 13.2. The lowest BCUT2D eigenvalue weighted by atomic mass is 9.81. The lowest BCUT2D eigenvalue weighted by Gasteiger charge is -2.37. The van der Waals surface area contributed by atoms with Crippen molar-refractivity contribution in [2.24, 2.45) is 0 Å². The van der Waals surface area contributed by atoms with Crippen LogP contribution >= 0.6 is 0 Å². The van der Waals surface area contributed by atoms with Gasteiger partial charge >= 0.3 is 0 Å². The number of methoxy groups -OCH3 is 1. The fourth-order valence-electron chi connectivity index (χ4n) is 2.81. The number of ketones is 1. The van der Waals surface area contributed by atoms with E-state index < -0.39 is 6.10 Å². The number of carbonyl (C=O) groups excluding carboxylic acids is 1. The molecule has 0 aromatic heterocycles. The molecule has 0 radical (unpaired) electrons. The Labute approximate surface area is 118 Å². The molecule has 1 N–H and O–H groups in total. The third-order valence-corrected chi connectivity index (χ3v) is 4.00. The van der Waals surface area contributed by atoms with Gasteiger partial charge in [0.25, 0.3) is 0 Å². The third-order valence-electron chi connectivity index (χ3n) is 4.00. The van der Waals surface area contributed by atoms with Crippen molar-refractivity contribution < 1.29 is 19.4 Å². The van der Waals surface area contributed by atoms with Crippen LogP contribution in [0.15, 0.2) is 29.5 Å². The highest BCUT2D eigenvalue weighted by Gasteiger charge is 2.40. The molecule has 1 aromatic carbocycles. The van der Waals surface area contributed by atoms with E-state index in [0.717, 1.165) is 6.42 Å². The molecule has 4 nitrogen and oxygen atoms in total. The van der Waals surface area contributed by atoms with Crippen molar-refractivity contribution in [3.63, 3.8) is 0 Å². The van der Waals surface area contributed by atoms with E-state index in [1.54, 1.807) is 25.3 Å². The Morgan fingerprint density at radius 3 is 2.85 bits per heavy atom. The van der Waals surface area contributed by atoms with Crippen LogP contribution in [0.2, 0.25) is 0 Å². The number of fused-ring (bicyclic) bond motifs is 1. The average molecular weight is 274 g/mol. The number of rotatable bonds is 1. The van der Waals surface area contributed by atoms with E-state index in [2.05, 4.69) is 0 Å². The van der Waals surface area contributed by atoms with Crippen LogP contribution < -0.4 is 4.74 Å². The molecule has 0 bridgehead atoms. The summed E-state index contributed by atoms with van der Waals surface area (Å²) in [6, 6.07) is 5.14. The molecule has 0 saturated carbocycles. The second-order valence-electron chi connectivity index (χ2n) is 5.90. The van der Waals surface area contributed by atoms with Gasteiger partial charge in [-0.1, -0.05) is 0 Å². The molecule has 1 heterocycles. The Morgan fingerprint density at radius 1 is 1.40 bits per heavy atom. The van der Waals surface area contributed by atoms with Crippen molar-refractivity contribution in [1.82, 2.24) is 0 Å². The maximum absolute atomic E-state index is 12.5. The summed E-state index contributed by atoms with van der Waals surface area (Å²) in [4.78, 5) is 12.5. The van der Waals surface area contributed by atoms with Gasteiger partial charge in [-0.05, 0) is 50.5 Å². The normalized spacial score (nSPS) is 23.8. The molecule has 106 valence electrons. The third kappa shape index (κ3) is 1.91. The van der Waals surface area contributed by atoms with Gasteiger partial charge in [0.15, 0.2) is 5.76 Å². The molecule has 1 aromatic rings. The Kier molecular flexibility index (Phi) is 2.87. The molecule has 0 spiro atoms. The molecule has 0 saturated heterocycles. The highest BCUT2D eigenvalue weighted by atomic mass is 16.5. The summed E-state index contributed by atoms with van der Waals surface area (Å²) in [5, 5.41) is 10.5. The summed E-state index contributed by atoms with van der Waals surface area (Å²) in [5.41, 5.74) is 1.43. The molecule has 0 fully saturated rings. The van der Waals surface area contributed by atoms with Gasteiger partial charge in [-0.25, -0.2) is 0 Å². The topological polar surface area (TPSA) is 55.8 Å². The number of aliphatic hydroxyl groups excluding tert-OH is 1. The zero-order valence-electron chi connectivity index (χ0n) is 11.9. The van der Waals surface area contributed by atoms with Crippen molar-refractivity contribution >= 4 is 5.78 Å². The van der Waals surface area contributed by atoms with Gasteiger partial charge in [-0.2, -0.15) is 0 Å². The number of allylic oxidation sites excluding steroid dienone is 1. The van der Waals surface area contributed by atoms with E-state index in [0.29, 0.717) is 34.6 Å². The number of hydrogen-bond acceptors (Lipinski definition) is 4. The molecule has 1 aliphatic heterocycles. The molecule has 1 atom stereocenters. The smallest absolute Gasteiger partial charge is 0.228 e. The highest BCUT2D eigenvalue weighted by Crippen LogP contribution is 2.43. The molecule has 0 unspecified atom stereocenters. The van der Waals surface area contributed by atoms with Gasteiger partial charge in [-0.3, -0.25) is 4.79 Å². The minimum atomic E-state index is -0.788. The summed E-state index contributed by atoms with van der Waals surface area (Å²) in [6.07, 6.45) is 0.672. The van der Waals surface area contributed by atoms with Crippen LogP contribution in [0, 0.1) is 0 Å². The van der Waals surface area contributed by atoms with Crippen LogP contribution in [0.1, 0.15) is 48.7 Å². The number of ether oxygens (including phenoxy) is 2. The predicted octanol–water partition coefficient (Wildman–Crippen LogP) is 2.77. The lowest BCUT2D eigenvalue weighted by Crippen LogP contribution is -2.35. The summed E-state index contributed by atoms with van der Waals surface area (Å²) in [6.45, 7) is 3.92. The number of hydrogen-bond donors (Lipinski definition) is 1. The summed E-state index contributed by atoms with van der Waals surface area (Å²) < 4.78 is 11.0. The first-order chi connectivity index (χ1) is 9.43. The van der Waals surface area contributed by atoms with Crippen molar-refractivity contribution in [3.05, 3.63) is 40.7 Å². The van der Waals surface area contributed by atoms with Gasteiger partial charge in [0.05, 0.1) is 7.11 Å². The Balaban J connectivity index is 2.10. The number of Topliss-reactive ketones (excluding diaryl/α,β-unsaturated/α-hetero) is 1. The second-order valence-corrected chi connectivity index (χ2v) is 5.90. The molecular weight excluding hydrogens is 256 g/mol. The summed E-state index contributed by atoms with van der Waals surface area (Å²) in [7, 11) is 1.57. The van der Waals surface area contributed by atoms with Crippen LogP contribution in [-0.4, -0.2) is 23.6 Å². The monoisotopic (exact) mass is 274 g/mol. The fraction of sp³-hybridized carbons (Fsp3) is 0.438. The van der Waals surface area contributed by atoms with Crippen molar-refractivity contribution in [2.75, 3.05) is 7.11 Å². The zero-order chi connectivity index (χ0) is 14.5. The average Bonchev–Trinajstić information content (AvgIpc) is 2.43. The van der Waals surface area contributed by atoms with Gasteiger partial charge < -0.3 is 14.6 Å². The van der Waals surface area contributed by atoms with Gasteiger partial charge in [0, 0.05) is 11.1 Å². The number of benzene rings is 1. The SMILES string of the molecule is COc1ccc2c(c1)[C@H](O)C1=C(OC(C)(C)CC1)C2=O. The Morgan fingerprint density at radius 2 is 2.15 bits per heavy atom. The standard InChI is InChI=1S/C16H18O4/c1-16(2)7-6-11-13(17)12-8-9(19-3)4-5-10(12)14(18)15(11)20-16/h4-5,8,13,17H,6-7H2,1-3H3/t13-/m1/s1. The minimum Gasteiger partial charge on any atom is -0.497 e. The number of aliphatic hydroxyl groups is 1. The molecule has 4 heteroatoms. The van der Waals surface area contributed by atoms with E-state index in [1.807, 2.05) is 13.8 Å². The molecular formula is C16H18O4. The fourth-order valence-corrected chi connectivity index (χ4v) is 2.81. The van der Waals surface area contributed by atoms with E-state index in [-0.39, 0.29) is 11.4 Å². The Bertz CT molecular complexity index is 613. The van der Waals surface area contributed by atoms with Gasteiger partial charge in [0.1, 0.15) is 17.5 Å². The van der Waals surface area contributed by atoms with Crippen LogP contribution in [0.5, 0.6) is 5.75 Å². The van der Waals surface area contributed by atoms with Crippen molar-refractivity contribution in [1.29, 1.82) is 0 Å². The van der Waals surface area contributed by atoms with Crippen LogP contribution in [-0.2, 0) is 4.74 Å². The molecule has 1 aliphatic carbocycles. The van der Waals surface area contributed by atoms with E-state index in [9.17, 15) is 9.90 Å². The maximum Gasteiger partial charge on any atom is 0.228 e. The van der Waals surface area contributed by atoms with E-state index in [1.165, 1.54) is 0 Å². The van der Waals surface area contributed by atoms with Gasteiger partial charge in [0.2, 0.25) is 5.78 Å². The molecule has 0 amide bonds. The van der Waals surface area contributed by atoms with Gasteiger partial charge in [-0.15, -0.1) is 0 Å². The van der Waals surface area contributed by atoms with Crippen molar-refractivity contribution in [2.45, 2.75) is 38.4 Å². The van der Waals surface area contributed by atoms with E-state index >= 15 is 0 Å². The quantitative estimate of drug-likeness (QED) is 0.855. The first-order valence-corrected chi connectivity index (χ1v) is 6.76. The van der Waals surface area contributed by atoms with Crippen LogP contribution in [0.4, 0.5) is 0 Å². The Hall–Kier alpha value is -1.81. The molecule has 20 heavy (non-hydrogen) atoms. The lowest BCUT2D eigenvalue weighted by molar-refractivity contribution is 0.00231. The largest absolute Gasteiger partial charge is 0.497 e. The minimum absolute atomic E-state index is 0.143. The zero-order valence-corrected chi connectivity index (χ0v) is 11.9. The predicted molar refractivity (Wildman–Crippen MR) is 73.7 cm³/mol. The maximum atomic E-state index is 12.5. The second kappa shape index (κ2) is 4.35. The van der Waals surface area contributed by atoms with Crippen LogP contribution in [0.3, 0.4) is 0 Å². The van der Waals surface area contributed by atoms with E-state index in [4.69, 9.17) is 9.47 Å². The highest BCUT2D eigenvalue weighted by molar-refractivity contribution is 6.10. The summed E-state index contributed by atoms with van der Waals surface area (Å²) in [5.74, 6) is 0.818. The van der Waals surface area contributed by atoms with Crippen LogP contribution in [0.25, 0.3) is 0 Å². The molecule has 2 aliphatic rings.